The molecule has 1 saturated carbocycles. The van der Waals surface area contributed by atoms with Crippen molar-refractivity contribution in [2.75, 3.05) is 11.1 Å². The Morgan fingerprint density at radius 3 is 2.77 bits per heavy atom. The monoisotopic (exact) mass is 444 g/mol. The molecule has 2 heterocycles. The number of hydrogen-bond donors (Lipinski definition) is 1. The van der Waals surface area contributed by atoms with E-state index >= 15 is 0 Å². The van der Waals surface area contributed by atoms with E-state index in [0.29, 0.717) is 11.8 Å². The van der Waals surface area contributed by atoms with Crippen molar-refractivity contribution in [3.63, 3.8) is 0 Å². The third-order valence-electron chi connectivity index (χ3n) is 5.30. The third-order valence-corrected chi connectivity index (χ3v) is 7.12. The van der Waals surface area contributed by atoms with Crippen LogP contribution >= 0.6 is 23.1 Å². The maximum atomic E-state index is 13.7. The summed E-state index contributed by atoms with van der Waals surface area (Å²) in [4.78, 5) is 13.5. The first-order valence-electron chi connectivity index (χ1n) is 10.3. The van der Waals surface area contributed by atoms with Gasteiger partial charge in [0.2, 0.25) is 5.91 Å². The van der Waals surface area contributed by atoms with Crippen molar-refractivity contribution in [3.05, 3.63) is 58.3 Å². The van der Waals surface area contributed by atoms with E-state index in [9.17, 15) is 9.18 Å². The van der Waals surface area contributed by atoms with E-state index in [-0.39, 0.29) is 18.0 Å². The Labute approximate surface area is 184 Å². The first-order valence-corrected chi connectivity index (χ1v) is 12.2. The number of nitrogens with one attached hydrogen (secondary N) is 1. The van der Waals surface area contributed by atoms with Crippen LogP contribution in [0.5, 0.6) is 0 Å². The number of nitrogens with zero attached hydrogens (tertiary/aromatic N) is 3. The molecule has 8 heteroatoms. The van der Waals surface area contributed by atoms with Gasteiger partial charge in [-0.25, -0.2) is 4.39 Å². The molecule has 0 unspecified atom stereocenters. The number of halogens is 1. The quantitative estimate of drug-likeness (QED) is 0.453. The molecular weight excluding hydrogens is 419 g/mol. The minimum atomic E-state index is -0.422. The maximum absolute atomic E-state index is 13.7. The molecule has 2 aromatic heterocycles. The van der Waals surface area contributed by atoms with Crippen molar-refractivity contribution < 1.29 is 9.18 Å². The second-order valence-electron chi connectivity index (χ2n) is 7.44. The highest BCUT2D eigenvalue weighted by Gasteiger charge is 2.23. The molecule has 4 rings (SSSR count). The lowest BCUT2D eigenvalue weighted by Crippen LogP contribution is -2.17. The molecule has 1 aromatic carbocycles. The number of carbonyl (C=O) groups is 1. The lowest BCUT2D eigenvalue weighted by molar-refractivity contribution is -0.115. The van der Waals surface area contributed by atoms with E-state index in [4.69, 9.17) is 0 Å². The van der Waals surface area contributed by atoms with Crippen molar-refractivity contribution in [1.82, 2.24) is 14.8 Å². The molecule has 5 nitrogen and oxygen atoms in total. The number of hydrogen-bond acceptors (Lipinski definition) is 5. The molecule has 3 aromatic rings. The van der Waals surface area contributed by atoms with E-state index in [2.05, 4.69) is 37.6 Å². The Balaban J connectivity index is 1.41. The number of anilines is 1. The zero-order valence-corrected chi connectivity index (χ0v) is 18.4. The third kappa shape index (κ3) is 5.29. The number of benzene rings is 1. The molecule has 30 heavy (non-hydrogen) atoms. The lowest BCUT2D eigenvalue weighted by Gasteiger charge is -2.25. The number of rotatable bonds is 8. The number of thioether (sulfide) groups is 1. The summed E-state index contributed by atoms with van der Waals surface area (Å²) >= 11 is 3.29. The van der Waals surface area contributed by atoms with Gasteiger partial charge in [-0.15, -0.1) is 21.5 Å². The summed E-state index contributed by atoms with van der Waals surface area (Å²) < 4.78 is 16.0. The van der Waals surface area contributed by atoms with Crippen LogP contribution in [0.1, 0.15) is 55.3 Å². The van der Waals surface area contributed by atoms with E-state index in [1.165, 1.54) is 30.2 Å². The van der Waals surface area contributed by atoms with Crippen molar-refractivity contribution in [3.8, 4) is 0 Å². The highest BCUT2D eigenvalue weighted by molar-refractivity contribution is 7.99. The zero-order valence-electron chi connectivity index (χ0n) is 16.7. The fraction of sp³-hybridized carbons (Fsp3) is 0.409. The molecule has 1 fully saturated rings. The van der Waals surface area contributed by atoms with Crippen LogP contribution in [-0.4, -0.2) is 26.4 Å². The normalized spacial score (nSPS) is 14.7. The Hall–Kier alpha value is -2.19. The second-order valence-corrected chi connectivity index (χ2v) is 9.54. The average molecular weight is 445 g/mol. The van der Waals surface area contributed by atoms with Crippen LogP contribution in [0.2, 0.25) is 0 Å². The van der Waals surface area contributed by atoms with Gasteiger partial charge in [-0.1, -0.05) is 49.2 Å². The van der Waals surface area contributed by atoms with Crippen LogP contribution < -0.4 is 5.32 Å². The zero-order chi connectivity index (χ0) is 20.8. The lowest BCUT2D eigenvalue weighted by atomic mass is 9.95. The molecule has 1 aliphatic rings. The van der Waals surface area contributed by atoms with Gasteiger partial charge in [0.05, 0.1) is 5.69 Å². The minimum absolute atomic E-state index is 0.199. The van der Waals surface area contributed by atoms with Gasteiger partial charge in [-0.3, -0.25) is 4.79 Å². The van der Waals surface area contributed by atoms with Gasteiger partial charge in [0.15, 0.2) is 5.16 Å². The van der Waals surface area contributed by atoms with Gasteiger partial charge in [0, 0.05) is 29.5 Å². The van der Waals surface area contributed by atoms with Gasteiger partial charge in [-0.05, 0) is 36.4 Å². The van der Waals surface area contributed by atoms with Crippen molar-refractivity contribution in [2.45, 2.75) is 56.1 Å². The van der Waals surface area contributed by atoms with Gasteiger partial charge < -0.3 is 9.88 Å². The summed E-state index contributed by atoms with van der Waals surface area (Å²) in [6.45, 7) is 0. The number of aromatic nitrogens is 3. The van der Waals surface area contributed by atoms with Crippen LogP contribution in [0.15, 0.2) is 46.9 Å². The van der Waals surface area contributed by atoms with Crippen LogP contribution in [0, 0.1) is 5.82 Å². The molecule has 1 N–H and O–H groups in total. The fourth-order valence-corrected chi connectivity index (χ4v) is 5.48. The largest absolute Gasteiger partial charge is 0.324 e. The van der Waals surface area contributed by atoms with E-state index in [1.807, 2.05) is 0 Å². The smallest absolute Gasteiger partial charge is 0.225 e. The molecular formula is C22H25FN4OS2. The van der Waals surface area contributed by atoms with Crippen LogP contribution in [0.3, 0.4) is 0 Å². The predicted octanol–water partition coefficient (Wildman–Crippen LogP) is 5.70. The number of para-hydroxylation sites is 1. The van der Waals surface area contributed by atoms with Crippen molar-refractivity contribution in [1.29, 1.82) is 0 Å². The Morgan fingerprint density at radius 1 is 1.17 bits per heavy atom. The molecule has 1 amide bonds. The Bertz CT molecular complexity index is 967. The van der Waals surface area contributed by atoms with Gasteiger partial charge in [-0.2, -0.15) is 0 Å². The number of amides is 1. The first-order chi connectivity index (χ1) is 14.7. The van der Waals surface area contributed by atoms with Crippen LogP contribution in [0.4, 0.5) is 10.1 Å². The first kappa shape index (κ1) is 21.1. The minimum Gasteiger partial charge on any atom is -0.324 e. The predicted molar refractivity (Wildman–Crippen MR) is 120 cm³/mol. The molecule has 0 spiro atoms. The average Bonchev–Trinajstić information content (AvgIpc) is 3.41. The van der Waals surface area contributed by atoms with E-state index < -0.39 is 5.82 Å². The molecule has 0 aliphatic heterocycles. The molecule has 0 radical (unpaired) electrons. The second kappa shape index (κ2) is 10.2. The molecule has 0 bridgehead atoms. The van der Waals surface area contributed by atoms with E-state index in [1.54, 1.807) is 41.3 Å². The Kier molecular flexibility index (Phi) is 7.17. The number of carbonyl (C=O) groups excluding carboxylic acids is 1. The summed E-state index contributed by atoms with van der Waals surface area (Å²) in [6.07, 6.45) is 7.13. The van der Waals surface area contributed by atoms with Crippen molar-refractivity contribution >= 4 is 34.7 Å². The van der Waals surface area contributed by atoms with Gasteiger partial charge >= 0.3 is 0 Å². The topological polar surface area (TPSA) is 59.8 Å². The van der Waals surface area contributed by atoms with Crippen molar-refractivity contribution in [2.24, 2.45) is 0 Å². The Morgan fingerprint density at radius 2 is 2.00 bits per heavy atom. The van der Waals surface area contributed by atoms with Gasteiger partial charge in [0.25, 0.3) is 0 Å². The van der Waals surface area contributed by atoms with E-state index in [0.717, 1.165) is 30.2 Å². The SMILES string of the molecule is O=C(CCSc1nnc(Cc2cccs2)n1C1CCCCC1)Nc1ccccc1F. The summed E-state index contributed by atoms with van der Waals surface area (Å²) in [5, 5.41) is 14.6. The highest BCUT2D eigenvalue weighted by Crippen LogP contribution is 2.33. The summed E-state index contributed by atoms with van der Waals surface area (Å²) in [5.41, 5.74) is 0.219. The molecule has 0 saturated heterocycles. The molecule has 0 atom stereocenters. The van der Waals surface area contributed by atoms with Crippen LogP contribution in [0.25, 0.3) is 0 Å². The summed E-state index contributed by atoms with van der Waals surface area (Å²) in [6, 6.07) is 10.8. The number of thiophene rings is 1. The molecule has 1 aliphatic carbocycles. The van der Waals surface area contributed by atoms with Crippen LogP contribution in [-0.2, 0) is 11.2 Å². The maximum Gasteiger partial charge on any atom is 0.225 e. The standard InChI is InChI=1S/C22H25FN4OS2/c23-18-10-4-5-11-19(18)24-21(28)12-14-30-22-26-25-20(15-17-9-6-13-29-17)27(22)16-7-2-1-3-8-16/h4-6,9-11,13,16H,1-3,7-8,12,14-15H2,(H,24,28). The summed E-state index contributed by atoms with van der Waals surface area (Å²) in [5.74, 6) is 0.955. The molecule has 158 valence electrons. The fourth-order valence-electron chi connectivity index (χ4n) is 3.81. The highest BCUT2D eigenvalue weighted by atomic mass is 32.2. The van der Waals surface area contributed by atoms with Gasteiger partial charge in [0.1, 0.15) is 11.6 Å². The summed E-state index contributed by atoms with van der Waals surface area (Å²) in [7, 11) is 0.